The number of thioether (sulfide) groups is 1. The summed E-state index contributed by atoms with van der Waals surface area (Å²) in [6, 6.07) is 5.35. The number of likely N-dealkylation sites (tertiary alicyclic amines) is 1. The number of halogens is 1. The summed E-state index contributed by atoms with van der Waals surface area (Å²) in [5, 5.41) is 0.552. The van der Waals surface area contributed by atoms with E-state index in [0.717, 1.165) is 36.7 Å². The van der Waals surface area contributed by atoms with Crippen molar-refractivity contribution in [1.29, 1.82) is 0 Å². The van der Waals surface area contributed by atoms with E-state index in [1.807, 2.05) is 17.8 Å². The summed E-state index contributed by atoms with van der Waals surface area (Å²) in [6.45, 7) is 5.05. The first kappa shape index (κ1) is 17.4. The fourth-order valence-corrected chi connectivity index (χ4v) is 5.79. The lowest BCUT2D eigenvalue weighted by molar-refractivity contribution is -0.145. The topological polar surface area (TPSA) is 40.6 Å². The molecule has 0 aromatic heterocycles. The van der Waals surface area contributed by atoms with Gasteiger partial charge in [0.15, 0.2) is 5.78 Å². The van der Waals surface area contributed by atoms with Crippen LogP contribution in [-0.4, -0.2) is 58.3 Å². The molecule has 2 heterocycles. The Morgan fingerprint density at radius 3 is 2.80 bits per heavy atom. The summed E-state index contributed by atoms with van der Waals surface area (Å²) >= 11 is 7.96. The maximum absolute atomic E-state index is 13.5. The maximum Gasteiger partial charge on any atom is 0.232 e. The highest BCUT2D eigenvalue weighted by Crippen LogP contribution is 2.40. The summed E-state index contributed by atoms with van der Waals surface area (Å²) in [7, 11) is 0. The predicted molar refractivity (Wildman–Crippen MR) is 101 cm³/mol. The third-order valence-corrected chi connectivity index (χ3v) is 7.31. The quantitative estimate of drug-likeness (QED) is 0.790. The summed E-state index contributed by atoms with van der Waals surface area (Å²) < 4.78 is 0. The van der Waals surface area contributed by atoms with Gasteiger partial charge in [-0.3, -0.25) is 14.5 Å². The molecule has 2 atom stereocenters. The van der Waals surface area contributed by atoms with Gasteiger partial charge in [0.1, 0.15) is 5.66 Å². The van der Waals surface area contributed by atoms with Crippen LogP contribution in [0.4, 0.5) is 0 Å². The van der Waals surface area contributed by atoms with E-state index in [1.165, 1.54) is 12.8 Å². The second-order valence-electron chi connectivity index (χ2n) is 7.37. The van der Waals surface area contributed by atoms with E-state index < -0.39 is 0 Å². The number of fused-ring (bicyclic) bond motifs is 1. The van der Waals surface area contributed by atoms with Gasteiger partial charge in [0.05, 0.1) is 5.92 Å². The van der Waals surface area contributed by atoms with Gasteiger partial charge in [-0.1, -0.05) is 17.7 Å². The summed E-state index contributed by atoms with van der Waals surface area (Å²) in [4.78, 5) is 30.4. The zero-order chi connectivity index (χ0) is 17.6. The van der Waals surface area contributed by atoms with Crippen molar-refractivity contribution in [3.8, 4) is 0 Å². The Kier molecular flexibility index (Phi) is 4.59. The molecule has 3 aliphatic rings. The summed E-state index contributed by atoms with van der Waals surface area (Å²) in [5.74, 6) is 1.68. The van der Waals surface area contributed by atoms with Gasteiger partial charge in [-0.05, 0) is 37.5 Å². The van der Waals surface area contributed by atoms with Crippen molar-refractivity contribution in [3.05, 3.63) is 34.3 Å². The number of Topliss-reactive ketones (excluding diaryl/α,β-unsaturated/α-hetero) is 1. The van der Waals surface area contributed by atoms with Crippen LogP contribution in [0.2, 0.25) is 5.02 Å². The van der Waals surface area contributed by atoms with Crippen molar-refractivity contribution in [2.24, 2.45) is 0 Å². The van der Waals surface area contributed by atoms with Gasteiger partial charge in [-0.2, -0.15) is 11.8 Å². The van der Waals surface area contributed by atoms with Crippen LogP contribution in [0.5, 0.6) is 0 Å². The molecule has 0 spiro atoms. The van der Waals surface area contributed by atoms with Crippen LogP contribution >= 0.6 is 23.4 Å². The molecule has 0 bridgehead atoms. The first-order valence-corrected chi connectivity index (χ1v) is 10.5. The van der Waals surface area contributed by atoms with Crippen LogP contribution < -0.4 is 0 Å². The molecule has 1 amide bonds. The molecular formula is C19H23ClN2O2S. The largest absolute Gasteiger partial charge is 0.322 e. The standard InChI is InChI=1S/C19H23ClN2O2S/c1-19(21-6-2-3-7-21)12-25-9-8-22(19)18(24)16-11-17(23)15-10-13(20)4-5-14(15)16/h4-5,10,16H,2-3,6-9,11-12H2,1H3. The normalized spacial score (nSPS) is 29.9. The Hall–Kier alpha value is -1.04. The minimum atomic E-state index is -0.357. The van der Waals surface area contributed by atoms with E-state index in [-0.39, 0.29) is 29.7 Å². The van der Waals surface area contributed by atoms with E-state index in [2.05, 4.69) is 16.7 Å². The second-order valence-corrected chi connectivity index (χ2v) is 8.91. The fourth-order valence-electron chi connectivity index (χ4n) is 4.44. The van der Waals surface area contributed by atoms with Gasteiger partial charge in [0, 0.05) is 48.1 Å². The van der Waals surface area contributed by atoms with Crippen LogP contribution in [0.1, 0.15) is 48.0 Å². The van der Waals surface area contributed by atoms with Crippen LogP contribution in [0.15, 0.2) is 18.2 Å². The molecule has 2 fully saturated rings. The molecular weight excluding hydrogens is 356 g/mol. The molecule has 134 valence electrons. The van der Waals surface area contributed by atoms with E-state index in [9.17, 15) is 9.59 Å². The number of ketones is 1. The van der Waals surface area contributed by atoms with E-state index in [0.29, 0.717) is 10.6 Å². The van der Waals surface area contributed by atoms with Crippen molar-refractivity contribution in [2.75, 3.05) is 31.1 Å². The van der Waals surface area contributed by atoms with Crippen molar-refractivity contribution in [1.82, 2.24) is 9.80 Å². The number of nitrogens with zero attached hydrogens (tertiary/aromatic N) is 2. The zero-order valence-corrected chi connectivity index (χ0v) is 16.0. The number of benzene rings is 1. The Labute approximate surface area is 157 Å². The number of hydrogen-bond donors (Lipinski definition) is 0. The fraction of sp³-hybridized carbons (Fsp3) is 0.579. The monoisotopic (exact) mass is 378 g/mol. The van der Waals surface area contributed by atoms with E-state index in [1.54, 1.807) is 12.1 Å². The molecule has 2 unspecified atom stereocenters. The minimum absolute atomic E-state index is 0.0325. The predicted octanol–water partition coefficient (Wildman–Crippen LogP) is 3.40. The smallest absolute Gasteiger partial charge is 0.232 e. The lowest BCUT2D eigenvalue weighted by Crippen LogP contribution is -2.64. The molecule has 0 radical (unpaired) electrons. The molecule has 6 heteroatoms. The van der Waals surface area contributed by atoms with Crippen molar-refractivity contribution >= 4 is 35.1 Å². The molecule has 0 N–H and O–H groups in total. The van der Waals surface area contributed by atoms with Crippen LogP contribution in [0.3, 0.4) is 0 Å². The molecule has 25 heavy (non-hydrogen) atoms. The molecule has 1 aliphatic carbocycles. The van der Waals surface area contributed by atoms with Gasteiger partial charge in [-0.25, -0.2) is 0 Å². The second kappa shape index (κ2) is 6.60. The van der Waals surface area contributed by atoms with Gasteiger partial charge >= 0.3 is 0 Å². The average molecular weight is 379 g/mol. The molecule has 2 saturated heterocycles. The summed E-state index contributed by atoms with van der Waals surface area (Å²) in [5.41, 5.74) is 1.23. The third-order valence-electron chi connectivity index (χ3n) is 5.85. The third kappa shape index (κ3) is 2.90. The highest BCUT2D eigenvalue weighted by atomic mass is 35.5. The summed E-state index contributed by atoms with van der Waals surface area (Å²) in [6.07, 6.45) is 2.67. The number of carbonyl (C=O) groups is 2. The van der Waals surface area contributed by atoms with Gasteiger partial charge in [0.2, 0.25) is 5.91 Å². The van der Waals surface area contributed by atoms with Crippen molar-refractivity contribution in [2.45, 2.75) is 37.8 Å². The Balaban J connectivity index is 1.65. The first-order valence-electron chi connectivity index (χ1n) is 8.97. The lowest BCUT2D eigenvalue weighted by atomic mass is 9.97. The van der Waals surface area contributed by atoms with E-state index >= 15 is 0 Å². The molecule has 0 saturated carbocycles. The Morgan fingerprint density at radius 2 is 2.04 bits per heavy atom. The number of rotatable bonds is 2. The Morgan fingerprint density at radius 1 is 1.28 bits per heavy atom. The molecule has 1 aromatic carbocycles. The van der Waals surface area contributed by atoms with Gasteiger partial charge in [-0.15, -0.1) is 0 Å². The first-order chi connectivity index (χ1) is 12.0. The zero-order valence-electron chi connectivity index (χ0n) is 14.5. The number of amides is 1. The highest BCUT2D eigenvalue weighted by molar-refractivity contribution is 7.99. The van der Waals surface area contributed by atoms with Gasteiger partial charge < -0.3 is 4.90 Å². The Bertz CT molecular complexity index is 719. The number of carbonyl (C=O) groups excluding carboxylic acids is 2. The van der Waals surface area contributed by atoms with Crippen LogP contribution in [0.25, 0.3) is 0 Å². The van der Waals surface area contributed by atoms with Crippen molar-refractivity contribution in [3.63, 3.8) is 0 Å². The molecule has 4 rings (SSSR count). The lowest BCUT2D eigenvalue weighted by Gasteiger charge is -2.50. The van der Waals surface area contributed by atoms with Crippen LogP contribution in [-0.2, 0) is 4.79 Å². The van der Waals surface area contributed by atoms with Gasteiger partial charge in [0.25, 0.3) is 0 Å². The molecule has 4 nitrogen and oxygen atoms in total. The van der Waals surface area contributed by atoms with E-state index in [4.69, 9.17) is 11.6 Å². The molecule has 2 aliphatic heterocycles. The minimum Gasteiger partial charge on any atom is -0.322 e. The SMILES string of the molecule is CC1(N2CCCC2)CSCCN1C(=O)C1CC(=O)c2cc(Cl)ccc21. The molecule has 1 aromatic rings. The highest BCUT2D eigenvalue weighted by Gasteiger charge is 2.47. The average Bonchev–Trinajstić information content (AvgIpc) is 3.24. The maximum atomic E-state index is 13.5. The number of hydrogen-bond acceptors (Lipinski definition) is 4. The van der Waals surface area contributed by atoms with Crippen LogP contribution in [0, 0.1) is 0 Å². The van der Waals surface area contributed by atoms with Crippen molar-refractivity contribution < 1.29 is 9.59 Å².